The Morgan fingerprint density at radius 1 is 1.14 bits per heavy atom. The van der Waals surface area contributed by atoms with E-state index in [1.165, 1.54) is 5.56 Å². The zero-order valence-corrected chi connectivity index (χ0v) is 13.1. The highest BCUT2D eigenvalue weighted by Crippen LogP contribution is 2.29. The molecule has 0 saturated heterocycles. The summed E-state index contributed by atoms with van der Waals surface area (Å²) in [4.78, 5) is 9.25. The number of hydrogen-bond acceptors (Lipinski definition) is 3. The summed E-state index contributed by atoms with van der Waals surface area (Å²) in [5, 5.41) is 0. The van der Waals surface area contributed by atoms with Gasteiger partial charge in [0.05, 0.1) is 0 Å². The number of fused-ring (bicyclic) bond motifs is 1. The molecule has 1 heterocycles. The number of benzene rings is 1. The zero-order chi connectivity index (χ0) is 15.0. The standard InChI is InChI=1S/C18H23N3/c1-18(2,3)13-9-7-12(8-10-13)17-20-11-14-15(19)5-4-6-16(14)21-17/h7-11,15H,4-6,19H2,1-3H3. The molecule has 110 valence electrons. The highest BCUT2D eigenvalue weighted by Gasteiger charge is 2.19. The summed E-state index contributed by atoms with van der Waals surface area (Å²) in [6, 6.07) is 8.68. The summed E-state index contributed by atoms with van der Waals surface area (Å²) in [5.74, 6) is 0.809. The number of aryl methyl sites for hydroxylation is 1. The Bertz CT molecular complexity index is 639. The molecule has 3 rings (SSSR count). The minimum atomic E-state index is 0.103. The lowest BCUT2D eigenvalue weighted by Crippen LogP contribution is -2.19. The SMILES string of the molecule is CC(C)(C)c1ccc(-c2ncc3c(n2)CCCC3N)cc1. The van der Waals surface area contributed by atoms with Crippen molar-refractivity contribution in [2.45, 2.75) is 51.5 Å². The van der Waals surface area contributed by atoms with Crippen molar-refractivity contribution in [2.24, 2.45) is 5.73 Å². The molecule has 1 atom stereocenters. The van der Waals surface area contributed by atoms with Crippen LogP contribution in [0.5, 0.6) is 0 Å². The van der Waals surface area contributed by atoms with E-state index in [4.69, 9.17) is 10.7 Å². The van der Waals surface area contributed by atoms with Crippen LogP contribution in [-0.2, 0) is 11.8 Å². The van der Waals surface area contributed by atoms with E-state index in [1.54, 1.807) is 0 Å². The molecule has 2 aromatic rings. The van der Waals surface area contributed by atoms with Crippen LogP contribution >= 0.6 is 0 Å². The van der Waals surface area contributed by atoms with Crippen LogP contribution in [0.2, 0.25) is 0 Å². The van der Waals surface area contributed by atoms with Gasteiger partial charge in [-0.05, 0) is 30.2 Å². The van der Waals surface area contributed by atoms with Gasteiger partial charge < -0.3 is 5.73 Å². The van der Waals surface area contributed by atoms with Crippen LogP contribution in [0.1, 0.15) is 56.5 Å². The molecular formula is C18H23N3. The van der Waals surface area contributed by atoms with E-state index in [2.05, 4.69) is 50.0 Å². The smallest absolute Gasteiger partial charge is 0.159 e. The molecule has 3 heteroatoms. The monoisotopic (exact) mass is 281 g/mol. The Labute approximate surface area is 126 Å². The first-order chi connectivity index (χ1) is 9.95. The first kappa shape index (κ1) is 14.2. The van der Waals surface area contributed by atoms with Crippen molar-refractivity contribution < 1.29 is 0 Å². The highest BCUT2D eigenvalue weighted by molar-refractivity contribution is 5.56. The van der Waals surface area contributed by atoms with Gasteiger partial charge in [-0.2, -0.15) is 0 Å². The fourth-order valence-corrected chi connectivity index (χ4v) is 2.84. The summed E-state index contributed by atoms with van der Waals surface area (Å²) < 4.78 is 0. The number of aromatic nitrogens is 2. The highest BCUT2D eigenvalue weighted by atomic mass is 14.9. The van der Waals surface area contributed by atoms with Crippen LogP contribution in [0.3, 0.4) is 0 Å². The Kier molecular flexibility index (Phi) is 3.54. The Morgan fingerprint density at radius 3 is 2.52 bits per heavy atom. The summed E-state index contributed by atoms with van der Waals surface area (Å²) in [6.45, 7) is 6.66. The van der Waals surface area contributed by atoms with Crippen LogP contribution < -0.4 is 5.73 Å². The van der Waals surface area contributed by atoms with Gasteiger partial charge in [0, 0.05) is 29.1 Å². The maximum absolute atomic E-state index is 6.12. The second-order valence-electron chi connectivity index (χ2n) is 6.92. The largest absolute Gasteiger partial charge is 0.324 e. The molecule has 0 radical (unpaired) electrons. The van der Waals surface area contributed by atoms with Crippen LogP contribution in [0.15, 0.2) is 30.5 Å². The minimum absolute atomic E-state index is 0.103. The fraction of sp³-hybridized carbons (Fsp3) is 0.444. The van der Waals surface area contributed by atoms with Crippen molar-refractivity contribution in [2.75, 3.05) is 0 Å². The zero-order valence-electron chi connectivity index (χ0n) is 13.1. The van der Waals surface area contributed by atoms with E-state index in [0.29, 0.717) is 0 Å². The number of rotatable bonds is 1. The van der Waals surface area contributed by atoms with E-state index in [0.717, 1.165) is 41.9 Å². The first-order valence-corrected chi connectivity index (χ1v) is 7.67. The van der Waals surface area contributed by atoms with Crippen molar-refractivity contribution >= 4 is 0 Å². The van der Waals surface area contributed by atoms with E-state index < -0.39 is 0 Å². The van der Waals surface area contributed by atoms with Crippen LogP contribution in [-0.4, -0.2) is 9.97 Å². The van der Waals surface area contributed by atoms with Crippen LogP contribution in [0.4, 0.5) is 0 Å². The third-order valence-corrected chi connectivity index (χ3v) is 4.24. The van der Waals surface area contributed by atoms with Gasteiger partial charge in [-0.1, -0.05) is 45.0 Å². The summed E-state index contributed by atoms with van der Waals surface area (Å²) in [6.07, 6.45) is 5.08. The molecule has 0 saturated carbocycles. The van der Waals surface area contributed by atoms with Gasteiger partial charge in [-0.3, -0.25) is 0 Å². The molecule has 0 fully saturated rings. The van der Waals surface area contributed by atoms with Gasteiger partial charge in [0.15, 0.2) is 5.82 Å². The van der Waals surface area contributed by atoms with E-state index >= 15 is 0 Å². The molecule has 0 spiro atoms. The van der Waals surface area contributed by atoms with Crippen molar-refractivity contribution in [3.05, 3.63) is 47.3 Å². The van der Waals surface area contributed by atoms with Crippen LogP contribution in [0, 0.1) is 0 Å². The molecule has 0 aliphatic heterocycles. The van der Waals surface area contributed by atoms with Gasteiger partial charge in [0.2, 0.25) is 0 Å². The molecule has 2 N–H and O–H groups in total. The van der Waals surface area contributed by atoms with Crippen molar-refractivity contribution in [1.82, 2.24) is 9.97 Å². The molecule has 3 nitrogen and oxygen atoms in total. The van der Waals surface area contributed by atoms with Crippen LogP contribution in [0.25, 0.3) is 11.4 Å². The molecule has 1 aliphatic rings. The molecule has 1 aliphatic carbocycles. The Hall–Kier alpha value is -1.74. The lowest BCUT2D eigenvalue weighted by atomic mass is 9.86. The topological polar surface area (TPSA) is 51.8 Å². The predicted molar refractivity (Wildman–Crippen MR) is 86.0 cm³/mol. The Balaban J connectivity index is 1.94. The van der Waals surface area contributed by atoms with E-state index in [-0.39, 0.29) is 11.5 Å². The van der Waals surface area contributed by atoms with Gasteiger partial charge in [-0.15, -0.1) is 0 Å². The van der Waals surface area contributed by atoms with Gasteiger partial charge >= 0.3 is 0 Å². The van der Waals surface area contributed by atoms with E-state index in [1.807, 2.05) is 6.20 Å². The minimum Gasteiger partial charge on any atom is -0.324 e. The maximum Gasteiger partial charge on any atom is 0.159 e. The molecule has 21 heavy (non-hydrogen) atoms. The van der Waals surface area contributed by atoms with E-state index in [9.17, 15) is 0 Å². The molecule has 0 bridgehead atoms. The Morgan fingerprint density at radius 2 is 1.86 bits per heavy atom. The summed E-state index contributed by atoms with van der Waals surface area (Å²) in [7, 11) is 0. The molecule has 1 unspecified atom stereocenters. The van der Waals surface area contributed by atoms with Gasteiger partial charge in [0.1, 0.15) is 0 Å². The average molecular weight is 281 g/mol. The third-order valence-electron chi connectivity index (χ3n) is 4.24. The third kappa shape index (κ3) is 2.84. The fourth-order valence-electron chi connectivity index (χ4n) is 2.84. The van der Waals surface area contributed by atoms with Gasteiger partial charge in [0.25, 0.3) is 0 Å². The average Bonchev–Trinajstić information content (AvgIpc) is 2.46. The predicted octanol–water partition coefficient (Wildman–Crippen LogP) is 3.78. The first-order valence-electron chi connectivity index (χ1n) is 7.67. The lowest BCUT2D eigenvalue weighted by Gasteiger charge is -2.21. The molecule has 1 aromatic heterocycles. The molecule has 0 amide bonds. The normalized spacial score (nSPS) is 18.4. The lowest BCUT2D eigenvalue weighted by molar-refractivity contribution is 0.557. The van der Waals surface area contributed by atoms with Crippen molar-refractivity contribution in [3.63, 3.8) is 0 Å². The molecule has 1 aromatic carbocycles. The summed E-state index contributed by atoms with van der Waals surface area (Å²) >= 11 is 0. The van der Waals surface area contributed by atoms with Gasteiger partial charge in [-0.25, -0.2) is 9.97 Å². The molecular weight excluding hydrogens is 258 g/mol. The second-order valence-corrected chi connectivity index (χ2v) is 6.92. The maximum atomic E-state index is 6.12. The number of nitrogens with two attached hydrogens (primary N) is 1. The number of hydrogen-bond donors (Lipinski definition) is 1. The van der Waals surface area contributed by atoms with Crippen molar-refractivity contribution in [3.8, 4) is 11.4 Å². The second kappa shape index (κ2) is 5.23. The summed E-state index contributed by atoms with van der Waals surface area (Å²) in [5.41, 5.74) is 10.9. The number of nitrogens with zero attached hydrogens (tertiary/aromatic N) is 2. The van der Waals surface area contributed by atoms with Crippen molar-refractivity contribution in [1.29, 1.82) is 0 Å². The quantitative estimate of drug-likeness (QED) is 0.865.